The van der Waals surface area contributed by atoms with Gasteiger partial charge in [-0.25, -0.2) is 15.0 Å². The van der Waals surface area contributed by atoms with Crippen LogP contribution in [0.25, 0.3) is 0 Å². The van der Waals surface area contributed by atoms with E-state index in [2.05, 4.69) is 30.6 Å². The highest BCUT2D eigenvalue weighted by atomic mass is 32.1. The fraction of sp³-hybridized carbons (Fsp3) is 0.429. The van der Waals surface area contributed by atoms with Crippen LogP contribution in [0.4, 0.5) is 0 Å². The second kappa shape index (κ2) is 7.12. The molecule has 7 heteroatoms. The van der Waals surface area contributed by atoms with Gasteiger partial charge in [-0.1, -0.05) is 0 Å². The van der Waals surface area contributed by atoms with Crippen LogP contribution in [0, 0.1) is 20.8 Å². The first-order valence-electron chi connectivity index (χ1n) is 6.74. The Morgan fingerprint density at radius 2 is 1.95 bits per heavy atom. The van der Waals surface area contributed by atoms with Gasteiger partial charge in [0.1, 0.15) is 5.82 Å². The molecule has 0 amide bonds. The number of nitrogens with one attached hydrogen (secondary N) is 2. The standard InChI is InChI=1S/C14H20N6S/c1-9-13(21-11(3)19-9)8-18-14(15-4)17-7-12-5-6-16-10(2)20-12/h5-6H,7-8H2,1-4H3,(H2,15,17,18). The predicted octanol–water partition coefficient (Wildman–Crippen LogP) is 1.72. The summed E-state index contributed by atoms with van der Waals surface area (Å²) in [5, 5.41) is 7.62. The SMILES string of the molecule is CN=C(NCc1ccnc(C)n1)NCc1sc(C)nc1C. The van der Waals surface area contributed by atoms with Crippen molar-refractivity contribution >= 4 is 17.3 Å². The number of hydrogen-bond acceptors (Lipinski definition) is 5. The van der Waals surface area contributed by atoms with Gasteiger partial charge in [0.15, 0.2) is 5.96 Å². The number of rotatable bonds is 4. The number of aromatic nitrogens is 3. The van der Waals surface area contributed by atoms with Crippen LogP contribution in [0.15, 0.2) is 17.3 Å². The van der Waals surface area contributed by atoms with E-state index in [9.17, 15) is 0 Å². The normalized spacial score (nSPS) is 11.5. The lowest BCUT2D eigenvalue weighted by atomic mass is 10.4. The van der Waals surface area contributed by atoms with Crippen LogP contribution in [0.2, 0.25) is 0 Å². The minimum Gasteiger partial charge on any atom is -0.351 e. The average molecular weight is 304 g/mol. The molecule has 0 radical (unpaired) electrons. The van der Waals surface area contributed by atoms with Gasteiger partial charge < -0.3 is 10.6 Å². The van der Waals surface area contributed by atoms with Crippen LogP contribution in [0.1, 0.15) is 27.1 Å². The first-order valence-corrected chi connectivity index (χ1v) is 7.56. The minimum atomic E-state index is 0.615. The van der Waals surface area contributed by atoms with Gasteiger partial charge in [-0.2, -0.15) is 0 Å². The van der Waals surface area contributed by atoms with Crippen molar-refractivity contribution in [3.05, 3.63) is 39.4 Å². The monoisotopic (exact) mass is 304 g/mol. The fourth-order valence-corrected chi connectivity index (χ4v) is 2.78. The highest BCUT2D eigenvalue weighted by molar-refractivity contribution is 7.11. The van der Waals surface area contributed by atoms with E-state index < -0.39 is 0 Å². The molecule has 0 aliphatic heterocycles. The average Bonchev–Trinajstić information content (AvgIpc) is 2.77. The second-order valence-electron chi connectivity index (χ2n) is 4.62. The van der Waals surface area contributed by atoms with E-state index in [1.807, 2.05) is 26.8 Å². The summed E-state index contributed by atoms with van der Waals surface area (Å²) in [6, 6.07) is 1.89. The second-order valence-corrected chi connectivity index (χ2v) is 5.90. The van der Waals surface area contributed by atoms with E-state index in [1.54, 1.807) is 24.6 Å². The molecule has 21 heavy (non-hydrogen) atoms. The summed E-state index contributed by atoms with van der Waals surface area (Å²) in [6.07, 6.45) is 1.76. The number of aliphatic imine (C=N–C) groups is 1. The molecule has 6 nitrogen and oxygen atoms in total. The molecular weight excluding hydrogens is 284 g/mol. The van der Waals surface area contributed by atoms with E-state index in [0.717, 1.165) is 34.7 Å². The van der Waals surface area contributed by atoms with Crippen molar-refractivity contribution in [3.63, 3.8) is 0 Å². The third-order valence-electron chi connectivity index (χ3n) is 2.91. The van der Waals surface area contributed by atoms with Crippen LogP contribution in [-0.2, 0) is 13.1 Å². The molecule has 0 fully saturated rings. The summed E-state index contributed by atoms with van der Waals surface area (Å²) in [5.74, 6) is 1.52. The van der Waals surface area contributed by atoms with Crippen molar-refractivity contribution in [3.8, 4) is 0 Å². The summed E-state index contributed by atoms with van der Waals surface area (Å²) in [7, 11) is 1.76. The maximum absolute atomic E-state index is 4.42. The number of nitrogens with zero attached hydrogens (tertiary/aromatic N) is 4. The van der Waals surface area contributed by atoms with Gasteiger partial charge in [0.25, 0.3) is 0 Å². The summed E-state index contributed by atoms with van der Waals surface area (Å²) < 4.78 is 0. The molecule has 2 aromatic rings. The number of guanidine groups is 1. The maximum Gasteiger partial charge on any atom is 0.191 e. The van der Waals surface area contributed by atoms with Gasteiger partial charge in [-0.15, -0.1) is 11.3 Å². The molecule has 0 atom stereocenters. The molecule has 2 N–H and O–H groups in total. The minimum absolute atomic E-state index is 0.615. The summed E-state index contributed by atoms with van der Waals surface area (Å²) in [4.78, 5) is 18.3. The Morgan fingerprint density at radius 1 is 1.19 bits per heavy atom. The third-order valence-corrected chi connectivity index (χ3v) is 3.98. The molecule has 0 aliphatic rings. The first kappa shape index (κ1) is 15.4. The quantitative estimate of drug-likeness (QED) is 0.664. The van der Waals surface area contributed by atoms with Gasteiger partial charge in [-0.3, -0.25) is 4.99 Å². The van der Waals surface area contributed by atoms with Gasteiger partial charge in [0, 0.05) is 18.1 Å². The van der Waals surface area contributed by atoms with Crippen molar-refractivity contribution in [1.82, 2.24) is 25.6 Å². The molecular formula is C14H20N6S. The molecule has 0 saturated heterocycles. The van der Waals surface area contributed by atoms with E-state index in [-0.39, 0.29) is 0 Å². The topological polar surface area (TPSA) is 75.1 Å². The van der Waals surface area contributed by atoms with E-state index in [1.165, 1.54) is 4.88 Å². The summed E-state index contributed by atoms with van der Waals surface area (Å²) in [6.45, 7) is 7.26. The van der Waals surface area contributed by atoms with Crippen molar-refractivity contribution in [2.75, 3.05) is 7.05 Å². The van der Waals surface area contributed by atoms with Gasteiger partial charge in [0.2, 0.25) is 0 Å². The Balaban J connectivity index is 1.88. The Bertz CT molecular complexity index is 634. The van der Waals surface area contributed by atoms with Crippen LogP contribution >= 0.6 is 11.3 Å². The molecule has 2 aromatic heterocycles. The fourth-order valence-electron chi connectivity index (χ4n) is 1.90. The van der Waals surface area contributed by atoms with Gasteiger partial charge in [0.05, 0.1) is 29.5 Å². The van der Waals surface area contributed by atoms with Crippen molar-refractivity contribution in [2.24, 2.45) is 4.99 Å². The Hall–Kier alpha value is -2.02. The highest BCUT2D eigenvalue weighted by Crippen LogP contribution is 2.16. The molecule has 112 valence electrons. The molecule has 0 unspecified atom stereocenters. The zero-order chi connectivity index (χ0) is 15.2. The van der Waals surface area contributed by atoms with Crippen LogP contribution in [-0.4, -0.2) is 28.0 Å². The van der Waals surface area contributed by atoms with Crippen molar-refractivity contribution < 1.29 is 0 Å². The Labute approximate surface area is 128 Å². The van der Waals surface area contributed by atoms with Crippen LogP contribution in [0.5, 0.6) is 0 Å². The largest absolute Gasteiger partial charge is 0.351 e. The third kappa shape index (κ3) is 4.49. The van der Waals surface area contributed by atoms with E-state index in [0.29, 0.717) is 6.54 Å². The lowest BCUT2D eigenvalue weighted by molar-refractivity contribution is 0.787. The van der Waals surface area contributed by atoms with Crippen LogP contribution in [0.3, 0.4) is 0 Å². The Morgan fingerprint density at radius 3 is 2.57 bits per heavy atom. The van der Waals surface area contributed by atoms with Crippen LogP contribution < -0.4 is 10.6 Å². The maximum atomic E-state index is 4.42. The van der Waals surface area contributed by atoms with Crippen molar-refractivity contribution in [2.45, 2.75) is 33.9 Å². The highest BCUT2D eigenvalue weighted by Gasteiger charge is 2.06. The van der Waals surface area contributed by atoms with E-state index >= 15 is 0 Å². The number of thiazole rings is 1. The Kier molecular flexibility index (Phi) is 5.21. The number of aryl methyl sites for hydroxylation is 3. The molecule has 0 aliphatic carbocycles. The van der Waals surface area contributed by atoms with Gasteiger partial charge >= 0.3 is 0 Å². The lowest BCUT2D eigenvalue weighted by Crippen LogP contribution is -2.36. The molecule has 0 saturated carbocycles. The zero-order valence-corrected chi connectivity index (χ0v) is 13.6. The molecule has 2 rings (SSSR count). The molecule has 0 bridgehead atoms. The summed E-state index contributed by atoms with van der Waals surface area (Å²) in [5.41, 5.74) is 2.02. The molecule has 0 aromatic carbocycles. The van der Waals surface area contributed by atoms with Crippen molar-refractivity contribution in [1.29, 1.82) is 0 Å². The number of hydrogen-bond donors (Lipinski definition) is 2. The molecule has 2 heterocycles. The predicted molar refractivity (Wildman–Crippen MR) is 85.4 cm³/mol. The lowest BCUT2D eigenvalue weighted by Gasteiger charge is -2.11. The zero-order valence-electron chi connectivity index (χ0n) is 12.8. The van der Waals surface area contributed by atoms with Gasteiger partial charge in [-0.05, 0) is 26.8 Å². The van der Waals surface area contributed by atoms with E-state index in [4.69, 9.17) is 0 Å². The first-order chi connectivity index (χ1) is 10.1. The molecule has 0 spiro atoms. The smallest absolute Gasteiger partial charge is 0.191 e. The summed E-state index contributed by atoms with van der Waals surface area (Å²) >= 11 is 1.71.